The van der Waals surface area contributed by atoms with Gasteiger partial charge in [0.2, 0.25) is 10.0 Å². The van der Waals surface area contributed by atoms with Gasteiger partial charge in [0.25, 0.3) is 0 Å². The van der Waals surface area contributed by atoms with E-state index in [0.717, 1.165) is 4.31 Å². The summed E-state index contributed by atoms with van der Waals surface area (Å²) in [4.78, 5) is 18.0. The molecular weight excluding hydrogens is 282 g/mol. The van der Waals surface area contributed by atoms with E-state index in [2.05, 4.69) is 9.97 Å². The van der Waals surface area contributed by atoms with Gasteiger partial charge in [-0.1, -0.05) is 0 Å². The molecule has 2 aromatic heterocycles. The fourth-order valence-electron chi connectivity index (χ4n) is 1.73. The van der Waals surface area contributed by atoms with Crippen LogP contribution in [0, 0.1) is 0 Å². The average molecular weight is 297 g/mol. The molecule has 0 atom stereocenters. The molecule has 0 saturated carbocycles. The van der Waals surface area contributed by atoms with Crippen LogP contribution in [0.4, 0.5) is 0 Å². The predicted octanol–water partition coefficient (Wildman–Crippen LogP) is 1.05. The molecule has 2 aromatic rings. The number of aromatic nitrogens is 2. The second-order valence-corrected chi connectivity index (χ2v) is 6.83. The smallest absolute Gasteiger partial charge is 0.324 e. The SMILES string of the molecule is CN(C(C)(C)C(=O)O)S(=O)(=O)c1c[nH]c2ncccc12. The van der Waals surface area contributed by atoms with E-state index in [1.807, 2.05) is 0 Å². The molecule has 0 aliphatic heterocycles. The van der Waals surface area contributed by atoms with Gasteiger partial charge in [0.15, 0.2) is 0 Å². The van der Waals surface area contributed by atoms with Gasteiger partial charge >= 0.3 is 5.97 Å². The zero-order valence-corrected chi connectivity index (χ0v) is 12.1. The van der Waals surface area contributed by atoms with Crippen LogP contribution < -0.4 is 0 Å². The third kappa shape index (κ3) is 2.06. The van der Waals surface area contributed by atoms with Gasteiger partial charge in [-0.3, -0.25) is 4.79 Å². The minimum absolute atomic E-state index is 0.0115. The Morgan fingerprint density at radius 2 is 2.10 bits per heavy atom. The molecule has 8 heteroatoms. The van der Waals surface area contributed by atoms with Gasteiger partial charge < -0.3 is 10.1 Å². The van der Waals surface area contributed by atoms with Crippen molar-refractivity contribution in [1.82, 2.24) is 14.3 Å². The second-order valence-electron chi connectivity index (χ2n) is 4.89. The zero-order chi connectivity index (χ0) is 15.1. The van der Waals surface area contributed by atoms with Gasteiger partial charge in [-0.2, -0.15) is 4.31 Å². The number of pyridine rings is 1. The first-order valence-corrected chi connectivity index (χ1v) is 7.27. The van der Waals surface area contributed by atoms with E-state index < -0.39 is 21.5 Å². The lowest BCUT2D eigenvalue weighted by molar-refractivity contribution is -0.145. The highest BCUT2D eigenvalue weighted by Crippen LogP contribution is 2.27. The number of hydrogen-bond acceptors (Lipinski definition) is 4. The van der Waals surface area contributed by atoms with Crippen molar-refractivity contribution in [2.45, 2.75) is 24.3 Å². The molecule has 0 aromatic carbocycles. The summed E-state index contributed by atoms with van der Waals surface area (Å²) in [6.07, 6.45) is 2.86. The molecule has 2 heterocycles. The average Bonchev–Trinajstić information content (AvgIpc) is 2.81. The number of hydrogen-bond donors (Lipinski definition) is 2. The Labute approximate surface area is 116 Å². The van der Waals surface area contributed by atoms with Crippen molar-refractivity contribution in [1.29, 1.82) is 0 Å². The van der Waals surface area contributed by atoms with Crippen LogP contribution in [0.5, 0.6) is 0 Å². The standard InChI is InChI=1S/C12H15N3O4S/c1-12(2,11(16)17)15(3)20(18,19)9-7-14-10-8(9)5-4-6-13-10/h4-7H,1-3H3,(H,13,14)(H,16,17). The maximum Gasteiger partial charge on any atom is 0.324 e. The fraction of sp³-hybridized carbons (Fsp3) is 0.333. The van der Waals surface area contributed by atoms with Gasteiger partial charge in [0.05, 0.1) is 0 Å². The quantitative estimate of drug-likeness (QED) is 0.877. The summed E-state index contributed by atoms with van der Waals surface area (Å²) < 4.78 is 26.0. The Hall–Kier alpha value is -1.93. The van der Waals surface area contributed by atoms with Crippen LogP contribution >= 0.6 is 0 Å². The molecule has 7 nitrogen and oxygen atoms in total. The second kappa shape index (κ2) is 4.57. The van der Waals surface area contributed by atoms with Gasteiger partial charge in [0, 0.05) is 24.8 Å². The van der Waals surface area contributed by atoms with Crippen LogP contribution in [-0.4, -0.2) is 46.4 Å². The van der Waals surface area contributed by atoms with E-state index in [9.17, 15) is 13.2 Å². The lowest BCUT2D eigenvalue weighted by atomic mass is 10.1. The highest BCUT2D eigenvalue weighted by atomic mass is 32.2. The summed E-state index contributed by atoms with van der Waals surface area (Å²) in [5.41, 5.74) is -1.11. The molecule has 0 saturated heterocycles. The van der Waals surface area contributed by atoms with Crippen LogP contribution in [0.15, 0.2) is 29.4 Å². The van der Waals surface area contributed by atoms with E-state index in [1.165, 1.54) is 27.1 Å². The number of rotatable bonds is 4. The minimum Gasteiger partial charge on any atom is -0.480 e. The fourth-order valence-corrected chi connectivity index (χ4v) is 3.35. The number of likely N-dealkylation sites (N-methyl/N-ethyl adjacent to an activating group) is 1. The summed E-state index contributed by atoms with van der Waals surface area (Å²) >= 11 is 0. The third-order valence-electron chi connectivity index (χ3n) is 3.36. The topological polar surface area (TPSA) is 103 Å². The maximum atomic E-state index is 12.6. The summed E-state index contributed by atoms with van der Waals surface area (Å²) in [6, 6.07) is 3.24. The largest absolute Gasteiger partial charge is 0.480 e. The van der Waals surface area contributed by atoms with Crippen LogP contribution in [0.25, 0.3) is 11.0 Å². The van der Waals surface area contributed by atoms with Crippen LogP contribution in [0.1, 0.15) is 13.8 Å². The summed E-state index contributed by atoms with van der Waals surface area (Å²) in [7, 11) is -2.70. The Bertz CT molecular complexity index is 764. The van der Waals surface area contributed by atoms with E-state index in [4.69, 9.17) is 5.11 Å². The minimum atomic E-state index is -3.94. The number of sulfonamides is 1. The summed E-state index contributed by atoms with van der Waals surface area (Å²) in [6.45, 7) is 2.67. The van der Waals surface area contributed by atoms with Crippen molar-refractivity contribution in [2.24, 2.45) is 0 Å². The van der Waals surface area contributed by atoms with Gasteiger partial charge in [-0.05, 0) is 26.0 Å². The summed E-state index contributed by atoms with van der Waals surface area (Å²) in [5.74, 6) is -1.22. The molecule has 0 amide bonds. The van der Waals surface area contributed by atoms with Gasteiger partial charge in [0.1, 0.15) is 16.1 Å². The molecule has 108 valence electrons. The van der Waals surface area contributed by atoms with E-state index in [1.54, 1.807) is 18.3 Å². The van der Waals surface area contributed by atoms with Gasteiger partial charge in [-0.15, -0.1) is 0 Å². The third-order valence-corrected chi connectivity index (χ3v) is 5.43. The van der Waals surface area contributed by atoms with E-state index in [-0.39, 0.29) is 4.90 Å². The Morgan fingerprint density at radius 1 is 1.45 bits per heavy atom. The number of nitrogens with one attached hydrogen (secondary N) is 1. The zero-order valence-electron chi connectivity index (χ0n) is 11.3. The van der Waals surface area contributed by atoms with Crippen molar-refractivity contribution in [3.8, 4) is 0 Å². The van der Waals surface area contributed by atoms with Crippen molar-refractivity contribution < 1.29 is 18.3 Å². The Kier molecular flexibility index (Phi) is 3.31. The van der Waals surface area contributed by atoms with Gasteiger partial charge in [-0.25, -0.2) is 13.4 Å². The number of aromatic amines is 1. The van der Waals surface area contributed by atoms with E-state index >= 15 is 0 Å². The normalized spacial score (nSPS) is 13.0. The van der Waals surface area contributed by atoms with Crippen molar-refractivity contribution >= 4 is 27.0 Å². The van der Waals surface area contributed by atoms with Crippen molar-refractivity contribution in [3.63, 3.8) is 0 Å². The number of fused-ring (bicyclic) bond motifs is 1. The molecule has 20 heavy (non-hydrogen) atoms. The molecule has 0 spiro atoms. The molecule has 0 unspecified atom stereocenters. The Balaban J connectivity index is 2.59. The molecule has 0 radical (unpaired) electrons. The van der Waals surface area contributed by atoms with Crippen molar-refractivity contribution in [3.05, 3.63) is 24.5 Å². The lowest BCUT2D eigenvalue weighted by Crippen LogP contribution is -2.50. The Morgan fingerprint density at radius 3 is 2.70 bits per heavy atom. The molecule has 0 aliphatic carbocycles. The van der Waals surface area contributed by atoms with Crippen LogP contribution in [0.3, 0.4) is 0 Å². The molecule has 2 rings (SSSR count). The predicted molar refractivity (Wildman–Crippen MR) is 72.8 cm³/mol. The lowest BCUT2D eigenvalue weighted by Gasteiger charge is -2.30. The number of carboxylic acid groups (broad SMARTS) is 1. The first-order chi connectivity index (χ1) is 9.19. The number of carboxylic acids is 1. The van der Waals surface area contributed by atoms with E-state index in [0.29, 0.717) is 11.0 Å². The first kappa shape index (κ1) is 14.5. The number of carbonyl (C=O) groups is 1. The highest BCUT2D eigenvalue weighted by molar-refractivity contribution is 7.89. The first-order valence-electron chi connectivity index (χ1n) is 5.83. The molecule has 2 N–H and O–H groups in total. The highest BCUT2D eigenvalue weighted by Gasteiger charge is 2.40. The monoisotopic (exact) mass is 297 g/mol. The van der Waals surface area contributed by atoms with Crippen LogP contribution in [-0.2, 0) is 14.8 Å². The number of aliphatic carboxylic acids is 1. The molecule has 0 bridgehead atoms. The van der Waals surface area contributed by atoms with Crippen LogP contribution in [0.2, 0.25) is 0 Å². The molecular formula is C12H15N3O4S. The van der Waals surface area contributed by atoms with Crippen molar-refractivity contribution in [2.75, 3.05) is 7.05 Å². The maximum absolute atomic E-state index is 12.6. The molecule has 0 fully saturated rings. The number of nitrogens with zero attached hydrogens (tertiary/aromatic N) is 2. The summed E-state index contributed by atoms with van der Waals surface area (Å²) in [5, 5.41) is 9.59. The number of H-pyrrole nitrogens is 1. The molecule has 0 aliphatic rings.